The molecule has 0 spiro atoms. The average molecular weight is 342 g/mol. The highest BCUT2D eigenvalue weighted by atomic mass is 16.5. The lowest BCUT2D eigenvalue weighted by molar-refractivity contribution is 0.110. The zero-order chi connectivity index (χ0) is 17.1. The van der Waals surface area contributed by atoms with Crippen LogP contribution in [0.3, 0.4) is 0 Å². The third kappa shape index (κ3) is 4.12. The number of methoxy groups -OCH3 is 1. The Labute approximate surface area is 148 Å². The third-order valence-corrected chi connectivity index (χ3v) is 5.09. The van der Waals surface area contributed by atoms with Crippen LogP contribution >= 0.6 is 0 Å². The standard InChI is InChI=1S/C19H26N4O2/c1-24-19-9-18(20-14-21-19)23-11-16(6-8-25-13-15-4-5-15)10-22-7-2-3-17(22)12-23/h2-3,7,9,14-16H,4-6,8,10-13H2,1H3. The Morgan fingerprint density at radius 3 is 2.96 bits per heavy atom. The first kappa shape index (κ1) is 16.4. The van der Waals surface area contributed by atoms with Gasteiger partial charge in [-0.15, -0.1) is 0 Å². The average Bonchev–Trinajstić information content (AvgIpc) is 3.40. The van der Waals surface area contributed by atoms with E-state index in [1.54, 1.807) is 13.4 Å². The van der Waals surface area contributed by atoms with Crippen LogP contribution in [0.25, 0.3) is 0 Å². The van der Waals surface area contributed by atoms with Gasteiger partial charge < -0.3 is 18.9 Å². The van der Waals surface area contributed by atoms with E-state index in [9.17, 15) is 0 Å². The van der Waals surface area contributed by atoms with Crippen LogP contribution in [0.15, 0.2) is 30.7 Å². The maximum atomic E-state index is 5.87. The second kappa shape index (κ2) is 7.44. The van der Waals surface area contributed by atoms with Crippen LogP contribution in [-0.2, 0) is 17.8 Å². The van der Waals surface area contributed by atoms with Crippen molar-refractivity contribution < 1.29 is 9.47 Å². The predicted octanol–water partition coefficient (Wildman–Crippen LogP) is 2.74. The van der Waals surface area contributed by atoms with E-state index in [0.717, 1.165) is 51.0 Å². The molecule has 1 fully saturated rings. The Balaban J connectivity index is 1.46. The van der Waals surface area contributed by atoms with Crippen molar-refractivity contribution in [1.82, 2.24) is 14.5 Å². The molecule has 1 aliphatic heterocycles. The van der Waals surface area contributed by atoms with E-state index in [1.807, 2.05) is 6.07 Å². The van der Waals surface area contributed by atoms with Crippen molar-refractivity contribution in [3.05, 3.63) is 36.4 Å². The van der Waals surface area contributed by atoms with Crippen molar-refractivity contribution in [2.45, 2.75) is 32.4 Å². The largest absolute Gasteiger partial charge is 0.481 e. The van der Waals surface area contributed by atoms with Gasteiger partial charge in [0.2, 0.25) is 5.88 Å². The van der Waals surface area contributed by atoms with Gasteiger partial charge in [-0.25, -0.2) is 9.97 Å². The van der Waals surface area contributed by atoms with Crippen molar-refractivity contribution in [1.29, 1.82) is 0 Å². The summed E-state index contributed by atoms with van der Waals surface area (Å²) in [5.41, 5.74) is 1.32. The summed E-state index contributed by atoms with van der Waals surface area (Å²) >= 11 is 0. The lowest BCUT2D eigenvalue weighted by Gasteiger charge is -2.25. The molecule has 1 unspecified atom stereocenters. The van der Waals surface area contributed by atoms with Gasteiger partial charge in [-0.1, -0.05) is 0 Å². The van der Waals surface area contributed by atoms with Gasteiger partial charge in [0.25, 0.3) is 0 Å². The molecule has 2 aliphatic rings. The fourth-order valence-corrected chi connectivity index (χ4v) is 3.43. The van der Waals surface area contributed by atoms with Crippen LogP contribution in [0.4, 0.5) is 5.82 Å². The predicted molar refractivity (Wildman–Crippen MR) is 95.7 cm³/mol. The zero-order valence-electron chi connectivity index (χ0n) is 14.8. The number of rotatable bonds is 7. The smallest absolute Gasteiger partial charge is 0.218 e. The van der Waals surface area contributed by atoms with Crippen LogP contribution in [0, 0.1) is 11.8 Å². The minimum Gasteiger partial charge on any atom is -0.481 e. The van der Waals surface area contributed by atoms with Gasteiger partial charge in [0.05, 0.1) is 13.7 Å². The monoisotopic (exact) mass is 342 g/mol. The third-order valence-electron chi connectivity index (χ3n) is 5.09. The highest BCUT2D eigenvalue weighted by Gasteiger charge is 2.24. The molecule has 0 bridgehead atoms. The molecule has 6 nitrogen and oxygen atoms in total. The summed E-state index contributed by atoms with van der Waals surface area (Å²) in [6.07, 6.45) is 7.52. The summed E-state index contributed by atoms with van der Waals surface area (Å²) < 4.78 is 13.5. The number of fused-ring (bicyclic) bond motifs is 1. The second-order valence-corrected chi connectivity index (χ2v) is 7.12. The van der Waals surface area contributed by atoms with Crippen LogP contribution < -0.4 is 9.64 Å². The molecule has 1 atom stereocenters. The molecule has 4 rings (SSSR count). The zero-order valence-corrected chi connectivity index (χ0v) is 14.8. The maximum Gasteiger partial charge on any atom is 0.218 e. The van der Waals surface area contributed by atoms with Crippen LogP contribution in [-0.4, -0.2) is 41.4 Å². The van der Waals surface area contributed by atoms with E-state index in [4.69, 9.17) is 9.47 Å². The lowest BCUT2D eigenvalue weighted by Crippen LogP contribution is -2.29. The van der Waals surface area contributed by atoms with Gasteiger partial charge in [0, 0.05) is 44.3 Å². The summed E-state index contributed by atoms with van der Waals surface area (Å²) in [5, 5.41) is 0. The quantitative estimate of drug-likeness (QED) is 0.724. The van der Waals surface area contributed by atoms with Crippen molar-refractivity contribution in [3.8, 4) is 5.88 Å². The summed E-state index contributed by atoms with van der Waals surface area (Å²) in [4.78, 5) is 10.9. The topological polar surface area (TPSA) is 52.4 Å². The molecule has 0 saturated heterocycles. The molecule has 0 N–H and O–H groups in total. The number of hydrogen-bond acceptors (Lipinski definition) is 5. The summed E-state index contributed by atoms with van der Waals surface area (Å²) in [5.74, 6) is 2.89. The Kier molecular flexibility index (Phi) is 4.88. The van der Waals surface area contributed by atoms with Crippen molar-refractivity contribution >= 4 is 5.82 Å². The van der Waals surface area contributed by atoms with Gasteiger partial charge in [0.1, 0.15) is 12.1 Å². The summed E-state index contributed by atoms with van der Waals surface area (Å²) in [7, 11) is 1.64. The normalized spacial score (nSPS) is 20.2. The molecule has 1 saturated carbocycles. The van der Waals surface area contributed by atoms with Crippen LogP contribution in [0.2, 0.25) is 0 Å². The first-order valence-corrected chi connectivity index (χ1v) is 9.14. The van der Waals surface area contributed by atoms with Gasteiger partial charge >= 0.3 is 0 Å². The molecule has 0 aromatic carbocycles. The summed E-state index contributed by atoms with van der Waals surface area (Å²) in [6.45, 7) is 4.64. The van der Waals surface area contributed by atoms with Crippen LogP contribution in [0.1, 0.15) is 25.0 Å². The summed E-state index contributed by atoms with van der Waals surface area (Å²) in [6, 6.07) is 6.23. The van der Waals surface area contributed by atoms with Crippen LogP contribution in [0.5, 0.6) is 5.88 Å². The van der Waals surface area contributed by atoms with Crippen molar-refractivity contribution in [2.24, 2.45) is 11.8 Å². The maximum absolute atomic E-state index is 5.87. The molecule has 3 heterocycles. The van der Waals surface area contributed by atoms with E-state index >= 15 is 0 Å². The number of hydrogen-bond donors (Lipinski definition) is 0. The Morgan fingerprint density at radius 1 is 1.20 bits per heavy atom. The highest BCUT2D eigenvalue weighted by Crippen LogP contribution is 2.29. The van der Waals surface area contributed by atoms with E-state index in [1.165, 1.54) is 18.5 Å². The number of nitrogens with zero attached hydrogens (tertiary/aromatic N) is 4. The van der Waals surface area contributed by atoms with Crippen molar-refractivity contribution in [2.75, 3.05) is 31.8 Å². The fourth-order valence-electron chi connectivity index (χ4n) is 3.43. The van der Waals surface area contributed by atoms with Gasteiger partial charge in [-0.3, -0.25) is 0 Å². The van der Waals surface area contributed by atoms with Gasteiger partial charge in [-0.2, -0.15) is 0 Å². The molecule has 134 valence electrons. The molecular formula is C19H26N4O2. The molecule has 2 aromatic heterocycles. The first-order valence-electron chi connectivity index (χ1n) is 9.14. The van der Waals surface area contributed by atoms with Gasteiger partial charge in [-0.05, 0) is 43.2 Å². The minimum atomic E-state index is 0.536. The lowest BCUT2D eigenvalue weighted by atomic mass is 10.1. The SMILES string of the molecule is COc1cc(N2Cc3cccn3CC(CCOCC3CC3)C2)ncn1. The molecule has 1 aliphatic carbocycles. The molecule has 6 heteroatoms. The molecular weight excluding hydrogens is 316 g/mol. The molecule has 0 radical (unpaired) electrons. The first-order chi connectivity index (χ1) is 12.3. The van der Waals surface area contributed by atoms with E-state index in [-0.39, 0.29) is 0 Å². The van der Waals surface area contributed by atoms with E-state index in [2.05, 4.69) is 37.8 Å². The van der Waals surface area contributed by atoms with Crippen molar-refractivity contribution in [3.63, 3.8) is 0 Å². The Bertz CT molecular complexity index is 698. The van der Waals surface area contributed by atoms with E-state index < -0.39 is 0 Å². The molecule has 2 aromatic rings. The molecule has 25 heavy (non-hydrogen) atoms. The number of anilines is 1. The number of aromatic nitrogens is 3. The number of ether oxygens (including phenoxy) is 2. The molecule has 0 amide bonds. The Morgan fingerprint density at radius 2 is 2.12 bits per heavy atom. The highest BCUT2D eigenvalue weighted by molar-refractivity contribution is 5.42. The second-order valence-electron chi connectivity index (χ2n) is 7.12. The van der Waals surface area contributed by atoms with Gasteiger partial charge in [0.15, 0.2) is 0 Å². The Hall–Kier alpha value is -2.08. The fraction of sp³-hybridized carbons (Fsp3) is 0.579. The minimum absolute atomic E-state index is 0.536. The van der Waals surface area contributed by atoms with E-state index in [0.29, 0.717) is 11.8 Å².